The molecule has 36 heavy (non-hydrogen) atoms. The summed E-state index contributed by atoms with van der Waals surface area (Å²) >= 11 is 0. The molecule has 0 spiro atoms. The van der Waals surface area contributed by atoms with Crippen LogP contribution in [0.2, 0.25) is 0 Å². The minimum Gasteiger partial charge on any atom is -0.353 e. The van der Waals surface area contributed by atoms with Crippen molar-refractivity contribution in [1.82, 2.24) is 0 Å². The van der Waals surface area contributed by atoms with Crippen molar-refractivity contribution in [2.75, 3.05) is 13.2 Å². The Kier molecular flexibility index (Phi) is 11.6. The van der Waals surface area contributed by atoms with Gasteiger partial charge >= 0.3 is 0 Å². The molecule has 3 aliphatic rings. The van der Waals surface area contributed by atoms with E-state index < -0.39 is 0 Å². The van der Waals surface area contributed by atoms with Crippen molar-refractivity contribution < 1.29 is 18.9 Å². The van der Waals surface area contributed by atoms with Gasteiger partial charge in [-0.25, -0.2) is 0 Å². The third kappa shape index (κ3) is 9.86. The SMILES string of the molecule is CC(OCC1C(CC(C)(C)C)CC(C(C)(C)C)C1COC(C)OC1CCCCC1)OC1CCCCC1. The van der Waals surface area contributed by atoms with Gasteiger partial charge in [0.05, 0.1) is 25.4 Å². The van der Waals surface area contributed by atoms with Gasteiger partial charge in [-0.3, -0.25) is 0 Å². The highest BCUT2D eigenvalue weighted by Crippen LogP contribution is 2.53. The Hall–Kier alpha value is -0.160. The van der Waals surface area contributed by atoms with Crippen molar-refractivity contribution in [3.8, 4) is 0 Å². The first-order chi connectivity index (χ1) is 16.9. The van der Waals surface area contributed by atoms with Gasteiger partial charge in [0.1, 0.15) is 0 Å². The second-order valence-corrected chi connectivity index (χ2v) is 14.7. The van der Waals surface area contributed by atoms with E-state index in [9.17, 15) is 0 Å². The molecular weight excluding hydrogens is 448 g/mol. The predicted octanol–water partition coefficient (Wildman–Crippen LogP) is 8.76. The van der Waals surface area contributed by atoms with Gasteiger partial charge in [0.2, 0.25) is 0 Å². The van der Waals surface area contributed by atoms with Gasteiger partial charge in [0.15, 0.2) is 12.6 Å². The van der Waals surface area contributed by atoms with Gasteiger partial charge in [0.25, 0.3) is 0 Å². The molecule has 4 nitrogen and oxygen atoms in total. The zero-order valence-electron chi connectivity index (χ0n) is 25.2. The van der Waals surface area contributed by atoms with Crippen molar-refractivity contribution >= 4 is 0 Å². The monoisotopic (exact) mass is 508 g/mol. The second-order valence-electron chi connectivity index (χ2n) is 14.7. The topological polar surface area (TPSA) is 36.9 Å². The van der Waals surface area contributed by atoms with E-state index in [1.165, 1.54) is 77.0 Å². The summed E-state index contributed by atoms with van der Waals surface area (Å²) in [5.41, 5.74) is 0.555. The summed E-state index contributed by atoms with van der Waals surface area (Å²) in [5, 5.41) is 0. The van der Waals surface area contributed by atoms with Crippen molar-refractivity contribution in [1.29, 1.82) is 0 Å². The van der Waals surface area contributed by atoms with Gasteiger partial charge in [-0.05, 0) is 86.9 Å². The Labute approximate surface area is 223 Å². The zero-order chi connectivity index (χ0) is 26.3. The maximum atomic E-state index is 6.48. The lowest BCUT2D eigenvalue weighted by Crippen LogP contribution is -2.35. The summed E-state index contributed by atoms with van der Waals surface area (Å²) < 4.78 is 25.6. The van der Waals surface area contributed by atoms with E-state index in [4.69, 9.17) is 18.9 Å². The quantitative estimate of drug-likeness (QED) is 0.261. The molecule has 0 bridgehead atoms. The average Bonchev–Trinajstić information content (AvgIpc) is 3.13. The summed E-state index contributed by atoms with van der Waals surface area (Å²) in [6.07, 6.45) is 15.6. The van der Waals surface area contributed by atoms with Crippen molar-refractivity contribution in [2.24, 2.45) is 34.5 Å². The van der Waals surface area contributed by atoms with Crippen LogP contribution in [-0.2, 0) is 18.9 Å². The van der Waals surface area contributed by atoms with Gasteiger partial charge < -0.3 is 18.9 Å². The molecule has 0 N–H and O–H groups in total. The molecule has 0 saturated heterocycles. The van der Waals surface area contributed by atoms with E-state index in [0.29, 0.717) is 41.3 Å². The summed E-state index contributed by atoms with van der Waals surface area (Å²) in [6, 6.07) is 0. The average molecular weight is 509 g/mol. The van der Waals surface area contributed by atoms with Crippen LogP contribution in [-0.4, -0.2) is 38.0 Å². The Balaban J connectivity index is 1.65. The van der Waals surface area contributed by atoms with E-state index in [0.717, 1.165) is 13.2 Å². The fourth-order valence-corrected chi connectivity index (χ4v) is 7.36. The van der Waals surface area contributed by atoms with Crippen LogP contribution in [0.1, 0.15) is 132 Å². The molecule has 0 heterocycles. The number of ether oxygens (including phenoxy) is 4. The van der Waals surface area contributed by atoms with Crippen LogP contribution in [0.3, 0.4) is 0 Å². The van der Waals surface area contributed by atoms with Crippen LogP contribution in [0.15, 0.2) is 0 Å². The minimum absolute atomic E-state index is 0.132. The molecule has 0 amide bonds. The highest BCUT2D eigenvalue weighted by Gasteiger charge is 2.48. The normalized spacial score (nSPS) is 31.0. The number of hydrogen-bond donors (Lipinski definition) is 0. The molecule has 6 unspecified atom stereocenters. The molecule has 3 aliphatic carbocycles. The van der Waals surface area contributed by atoms with E-state index in [2.05, 4.69) is 55.4 Å². The van der Waals surface area contributed by atoms with Crippen molar-refractivity contribution in [2.45, 2.75) is 157 Å². The van der Waals surface area contributed by atoms with Gasteiger partial charge in [-0.1, -0.05) is 80.1 Å². The van der Waals surface area contributed by atoms with Gasteiger partial charge in [-0.15, -0.1) is 0 Å². The maximum absolute atomic E-state index is 6.48. The number of hydrogen-bond acceptors (Lipinski definition) is 4. The third-order valence-corrected chi connectivity index (χ3v) is 9.14. The summed E-state index contributed by atoms with van der Waals surface area (Å²) in [5.74, 6) is 2.25. The molecule has 212 valence electrons. The van der Waals surface area contributed by atoms with Crippen LogP contribution >= 0.6 is 0 Å². The fourth-order valence-electron chi connectivity index (χ4n) is 7.36. The summed E-state index contributed by atoms with van der Waals surface area (Å²) in [7, 11) is 0. The summed E-state index contributed by atoms with van der Waals surface area (Å²) in [6.45, 7) is 20.1. The number of rotatable bonds is 11. The molecule has 6 atom stereocenters. The zero-order valence-corrected chi connectivity index (χ0v) is 25.2. The molecule has 3 fully saturated rings. The highest BCUT2D eigenvalue weighted by atomic mass is 16.7. The molecule has 0 aliphatic heterocycles. The standard InChI is InChI=1S/C32H60O4/c1-23(35-26-15-11-9-12-16-26)33-21-28-25(20-31(3,4)5)19-30(32(6,7)8)29(28)22-34-24(2)36-27-17-13-10-14-18-27/h23-30H,9-22H2,1-8H3. The van der Waals surface area contributed by atoms with E-state index in [1.807, 2.05) is 0 Å². The van der Waals surface area contributed by atoms with Crippen LogP contribution in [0.5, 0.6) is 0 Å². The molecule has 0 aromatic heterocycles. The van der Waals surface area contributed by atoms with Gasteiger partial charge in [-0.2, -0.15) is 0 Å². The molecule has 0 radical (unpaired) electrons. The van der Waals surface area contributed by atoms with Crippen LogP contribution in [0.4, 0.5) is 0 Å². The smallest absolute Gasteiger partial charge is 0.155 e. The second kappa shape index (κ2) is 13.8. The third-order valence-electron chi connectivity index (χ3n) is 9.14. The lowest BCUT2D eigenvalue weighted by molar-refractivity contribution is -0.190. The molecule has 4 heteroatoms. The molecular formula is C32H60O4. The first-order valence-electron chi connectivity index (χ1n) is 15.5. The lowest BCUT2D eigenvalue weighted by atomic mass is 9.73. The van der Waals surface area contributed by atoms with Gasteiger partial charge in [0, 0.05) is 0 Å². The lowest BCUT2D eigenvalue weighted by Gasteiger charge is -2.36. The predicted molar refractivity (Wildman–Crippen MR) is 149 cm³/mol. The highest BCUT2D eigenvalue weighted by molar-refractivity contribution is 4.96. The summed E-state index contributed by atoms with van der Waals surface area (Å²) in [4.78, 5) is 0. The Morgan fingerprint density at radius 2 is 1.08 bits per heavy atom. The Bertz CT molecular complexity index is 609. The van der Waals surface area contributed by atoms with Crippen LogP contribution < -0.4 is 0 Å². The Morgan fingerprint density at radius 1 is 0.639 bits per heavy atom. The van der Waals surface area contributed by atoms with E-state index >= 15 is 0 Å². The van der Waals surface area contributed by atoms with E-state index in [1.54, 1.807) is 0 Å². The van der Waals surface area contributed by atoms with Crippen LogP contribution in [0.25, 0.3) is 0 Å². The van der Waals surface area contributed by atoms with E-state index in [-0.39, 0.29) is 18.0 Å². The fraction of sp³-hybridized carbons (Fsp3) is 1.00. The largest absolute Gasteiger partial charge is 0.353 e. The van der Waals surface area contributed by atoms with Crippen molar-refractivity contribution in [3.63, 3.8) is 0 Å². The molecule has 0 aromatic carbocycles. The first kappa shape index (κ1) is 30.4. The maximum Gasteiger partial charge on any atom is 0.155 e. The molecule has 3 saturated carbocycles. The van der Waals surface area contributed by atoms with Crippen molar-refractivity contribution in [3.05, 3.63) is 0 Å². The molecule has 3 rings (SSSR count). The molecule has 0 aromatic rings. The Morgan fingerprint density at radius 3 is 1.50 bits per heavy atom. The first-order valence-corrected chi connectivity index (χ1v) is 15.5. The van der Waals surface area contributed by atoms with Crippen LogP contribution in [0, 0.1) is 34.5 Å². The minimum atomic E-state index is -0.134.